The molecule has 26 heavy (non-hydrogen) atoms. The lowest BCUT2D eigenvalue weighted by Crippen LogP contribution is -2.41. The molecular weight excluding hydrogens is 348 g/mol. The fraction of sp³-hybridized carbons (Fsp3) is 0.333. The molecule has 0 N–H and O–H groups in total. The van der Waals surface area contributed by atoms with Crippen LogP contribution in [-0.4, -0.2) is 24.4 Å². The molecule has 2 aliphatic heterocycles. The summed E-state index contributed by atoms with van der Waals surface area (Å²) in [7, 11) is 0. The summed E-state index contributed by atoms with van der Waals surface area (Å²) in [4.78, 5) is 29.4. The molecule has 2 aromatic carbocycles. The molecule has 4 rings (SSSR count). The third-order valence-corrected chi connectivity index (χ3v) is 5.62. The van der Waals surface area contributed by atoms with E-state index in [9.17, 15) is 9.59 Å². The van der Waals surface area contributed by atoms with Crippen LogP contribution in [0.5, 0.6) is 0 Å². The van der Waals surface area contributed by atoms with Crippen molar-refractivity contribution in [1.82, 2.24) is 0 Å². The van der Waals surface area contributed by atoms with Gasteiger partial charge in [-0.2, -0.15) is 0 Å². The van der Waals surface area contributed by atoms with Crippen LogP contribution in [0.25, 0.3) is 0 Å². The zero-order valence-electron chi connectivity index (χ0n) is 14.9. The number of rotatable bonds is 2. The molecule has 2 atom stereocenters. The Labute approximate surface area is 158 Å². The van der Waals surface area contributed by atoms with Gasteiger partial charge in [-0.1, -0.05) is 35.9 Å². The van der Waals surface area contributed by atoms with Crippen LogP contribution in [0.4, 0.5) is 11.4 Å². The van der Waals surface area contributed by atoms with Crippen molar-refractivity contribution in [3.63, 3.8) is 0 Å². The predicted octanol–water partition coefficient (Wildman–Crippen LogP) is 3.98. The zero-order valence-corrected chi connectivity index (χ0v) is 15.7. The number of benzene rings is 2. The molecular formula is C21H21ClN2O2. The second kappa shape index (κ2) is 6.44. The fourth-order valence-corrected chi connectivity index (χ4v) is 4.24. The number of hydrogen-bond donors (Lipinski definition) is 0. The standard InChI is InChI=1S/C21H21ClN2O2/c1-13-7-8-17(22)11-19(13)23-12-16(10-20(23)25)21(26)24-14(2)9-15-5-3-4-6-18(15)24/h3-8,11,14,16H,9-10,12H2,1-2H3. The van der Waals surface area contributed by atoms with Gasteiger partial charge in [0.1, 0.15) is 0 Å². The quantitative estimate of drug-likeness (QED) is 0.804. The Morgan fingerprint density at radius 1 is 1.12 bits per heavy atom. The number of nitrogens with zero attached hydrogens (tertiary/aromatic N) is 2. The summed E-state index contributed by atoms with van der Waals surface area (Å²) in [5.74, 6) is -0.304. The maximum Gasteiger partial charge on any atom is 0.232 e. The van der Waals surface area contributed by atoms with Crippen LogP contribution in [0.15, 0.2) is 42.5 Å². The van der Waals surface area contributed by atoms with Gasteiger partial charge >= 0.3 is 0 Å². The topological polar surface area (TPSA) is 40.6 Å². The molecule has 2 aliphatic rings. The van der Waals surface area contributed by atoms with Crippen molar-refractivity contribution in [2.24, 2.45) is 5.92 Å². The van der Waals surface area contributed by atoms with Crippen LogP contribution in [0.1, 0.15) is 24.5 Å². The summed E-state index contributed by atoms with van der Waals surface area (Å²) in [6, 6.07) is 13.7. The first kappa shape index (κ1) is 17.1. The van der Waals surface area contributed by atoms with E-state index >= 15 is 0 Å². The normalized spacial score (nSPS) is 22.0. The van der Waals surface area contributed by atoms with E-state index < -0.39 is 0 Å². The van der Waals surface area contributed by atoms with Crippen LogP contribution >= 0.6 is 11.6 Å². The fourth-order valence-electron chi connectivity index (χ4n) is 4.08. The van der Waals surface area contributed by atoms with Crippen molar-refractivity contribution in [2.45, 2.75) is 32.7 Å². The summed E-state index contributed by atoms with van der Waals surface area (Å²) in [5, 5.41) is 0.593. The van der Waals surface area contributed by atoms with Crippen LogP contribution in [-0.2, 0) is 16.0 Å². The Morgan fingerprint density at radius 2 is 1.88 bits per heavy atom. The number of carbonyl (C=O) groups is 2. The van der Waals surface area contributed by atoms with Crippen LogP contribution in [0, 0.1) is 12.8 Å². The average molecular weight is 369 g/mol. The smallest absolute Gasteiger partial charge is 0.232 e. The van der Waals surface area contributed by atoms with Gasteiger partial charge in [-0.15, -0.1) is 0 Å². The van der Waals surface area contributed by atoms with Gasteiger partial charge in [0, 0.05) is 35.4 Å². The van der Waals surface area contributed by atoms with Crippen LogP contribution in [0.2, 0.25) is 5.02 Å². The molecule has 2 unspecified atom stereocenters. The van der Waals surface area contributed by atoms with Gasteiger partial charge in [-0.05, 0) is 49.6 Å². The van der Waals surface area contributed by atoms with Gasteiger partial charge in [0.15, 0.2) is 0 Å². The third-order valence-electron chi connectivity index (χ3n) is 5.38. The molecule has 2 amide bonds. The van der Waals surface area contributed by atoms with Crippen LogP contribution in [0.3, 0.4) is 0 Å². The Morgan fingerprint density at radius 3 is 2.69 bits per heavy atom. The average Bonchev–Trinajstić information content (AvgIpc) is 3.16. The molecule has 134 valence electrons. The van der Waals surface area contributed by atoms with E-state index in [-0.39, 0.29) is 30.2 Å². The number of fused-ring (bicyclic) bond motifs is 1. The molecule has 0 radical (unpaired) electrons. The number of aryl methyl sites for hydroxylation is 1. The number of anilines is 2. The monoisotopic (exact) mass is 368 g/mol. The Kier molecular flexibility index (Phi) is 4.23. The minimum absolute atomic E-state index is 0.0196. The van der Waals surface area contributed by atoms with Crippen molar-refractivity contribution >= 4 is 34.8 Å². The van der Waals surface area contributed by atoms with Crippen molar-refractivity contribution in [3.8, 4) is 0 Å². The molecule has 1 saturated heterocycles. The maximum atomic E-state index is 13.2. The summed E-state index contributed by atoms with van der Waals surface area (Å²) in [5.41, 5.74) is 3.96. The van der Waals surface area contributed by atoms with E-state index in [1.165, 1.54) is 5.56 Å². The number of hydrogen-bond acceptors (Lipinski definition) is 2. The molecule has 0 spiro atoms. The highest BCUT2D eigenvalue weighted by Crippen LogP contribution is 2.36. The number of halogens is 1. The van der Waals surface area contributed by atoms with Crippen molar-refractivity contribution < 1.29 is 9.59 Å². The Balaban J connectivity index is 1.59. The molecule has 1 fully saturated rings. The second-order valence-electron chi connectivity index (χ2n) is 7.23. The van der Waals surface area contributed by atoms with E-state index in [2.05, 4.69) is 13.0 Å². The SMILES string of the molecule is Cc1ccc(Cl)cc1N1CC(C(=O)N2c3ccccc3CC2C)CC1=O. The van der Waals surface area contributed by atoms with Crippen molar-refractivity contribution in [1.29, 1.82) is 0 Å². The summed E-state index contributed by atoms with van der Waals surface area (Å²) >= 11 is 6.11. The predicted molar refractivity (Wildman–Crippen MR) is 104 cm³/mol. The van der Waals surface area contributed by atoms with Crippen molar-refractivity contribution in [3.05, 3.63) is 58.6 Å². The highest BCUT2D eigenvalue weighted by Gasteiger charge is 2.41. The lowest BCUT2D eigenvalue weighted by molar-refractivity contribution is -0.124. The van der Waals surface area contributed by atoms with E-state index in [0.717, 1.165) is 23.4 Å². The highest BCUT2D eigenvalue weighted by molar-refractivity contribution is 6.31. The molecule has 0 aromatic heterocycles. The lowest BCUT2D eigenvalue weighted by atomic mass is 10.1. The van der Waals surface area contributed by atoms with Gasteiger partial charge < -0.3 is 9.80 Å². The molecule has 2 aromatic rings. The van der Waals surface area contributed by atoms with E-state index in [0.29, 0.717) is 11.6 Å². The summed E-state index contributed by atoms with van der Waals surface area (Å²) < 4.78 is 0. The first-order valence-corrected chi connectivity index (χ1v) is 9.31. The van der Waals surface area contributed by atoms with Crippen LogP contribution < -0.4 is 9.80 Å². The largest absolute Gasteiger partial charge is 0.311 e. The Hall–Kier alpha value is -2.33. The molecule has 5 heteroatoms. The van der Waals surface area contributed by atoms with Gasteiger partial charge in [-0.3, -0.25) is 9.59 Å². The van der Waals surface area contributed by atoms with Crippen molar-refractivity contribution in [2.75, 3.05) is 16.3 Å². The Bertz CT molecular complexity index is 895. The second-order valence-corrected chi connectivity index (χ2v) is 7.66. The summed E-state index contributed by atoms with van der Waals surface area (Å²) in [6.07, 6.45) is 1.11. The summed E-state index contributed by atoms with van der Waals surface area (Å²) in [6.45, 7) is 4.42. The minimum Gasteiger partial charge on any atom is -0.311 e. The molecule has 0 bridgehead atoms. The van der Waals surface area contributed by atoms with Gasteiger partial charge in [0.2, 0.25) is 11.8 Å². The van der Waals surface area contributed by atoms with Gasteiger partial charge in [0.05, 0.1) is 5.92 Å². The third kappa shape index (κ3) is 2.78. The maximum absolute atomic E-state index is 13.2. The minimum atomic E-state index is -0.325. The molecule has 0 aliphatic carbocycles. The zero-order chi connectivity index (χ0) is 18.4. The molecule has 0 saturated carbocycles. The number of amides is 2. The molecule has 2 heterocycles. The van der Waals surface area contributed by atoms with E-state index in [1.807, 2.05) is 42.2 Å². The number of para-hydroxylation sites is 1. The van der Waals surface area contributed by atoms with E-state index in [4.69, 9.17) is 11.6 Å². The first-order valence-electron chi connectivity index (χ1n) is 8.93. The lowest BCUT2D eigenvalue weighted by Gasteiger charge is -2.26. The van der Waals surface area contributed by atoms with Gasteiger partial charge in [-0.25, -0.2) is 0 Å². The van der Waals surface area contributed by atoms with E-state index in [1.54, 1.807) is 11.0 Å². The molecule has 4 nitrogen and oxygen atoms in total. The van der Waals surface area contributed by atoms with Gasteiger partial charge in [0.25, 0.3) is 0 Å². The number of carbonyl (C=O) groups excluding carboxylic acids is 2. The first-order chi connectivity index (χ1) is 12.5. The highest BCUT2D eigenvalue weighted by atomic mass is 35.5.